The highest BCUT2D eigenvalue weighted by atomic mass is 19.1. The second-order valence-corrected chi connectivity index (χ2v) is 8.25. The van der Waals surface area contributed by atoms with Gasteiger partial charge in [-0.3, -0.25) is 9.88 Å². The second-order valence-electron chi connectivity index (χ2n) is 8.25. The van der Waals surface area contributed by atoms with Gasteiger partial charge in [0, 0.05) is 44.5 Å². The molecule has 3 heterocycles. The maximum atomic E-state index is 14.1. The van der Waals surface area contributed by atoms with Crippen LogP contribution in [-0.4, -0.2) is 46.0 Å². The van der Waals surface area contributed by atoms with Crippen molar-refractivity contribution in [2.75, 3.05) is 36.4 Å². The lowest BCUT2D eigenvalue weighted by molar-refractivity contribution is 0.246. The summed E-state index contributed by atoms with van der Waals surface area (Å²) in [7, 11) is 0. The summed E-state index contributed by atoms with van der Waals surface area (Å²) in [5.41, 5.74) is 3.99. The number of anilines is 3. The van der Waals surface area contributed by atoms with Gasteiger partial charge < -0.3 is 10.2 Å². The zero-order valence-corrected chi connectivity index (χ0v) is 18.3. The van der Waals surface area contributed by atoms with E-state index in [1.54, 1.807) is 12.4 Å². The smallest absolute Gasteiger partial charge is 0.174 e. The first kappa shape index (κ1) is 21.2. The van der Waals surface area contributed by atoms with Gasteiger partial charge in [0.25, 0.3) is 0 Å². The summed E-state index contributed by atoms with van der Waals surface area (Å²) in [5.74, 6) is 0.646. The number of piperazine rings is 1. The van der Waals surface area contributed by atoms with E-state index in [1.165, 1.54) is 12.1 Å². The first-order chi connectivity index (χ1) is 16.0. The molecule has 8 heteroatoms. The summed E-state index contributed by atoms with van der Waals surface area (Å²) >= 11 is 0. The lowest BCUT2D eigenvalue weighted by Crippen LogP contribution is -2.46. The quantitative estimate of drug-likeness (QED) is 0.481. The van der Waals surface area contributed by atoms with Crippen LogP contribution in [0, 0.1) is 18.6 Å². The third-order valence-corrected chi connectivity index (χ3v) is 5.80. The van der Waals surface area contributed by atoms with Crippen LogP contribution in [0.15, 0.2) is 60.9 Å². The van der Waals surface area contributed by atoms with E-state index < -0.39 is 5.82 Å². The molecule has 0 aliphatic carbocycles. The lowest BCUT2D eigenvalue weighted by atomic mass is 10.1. The molecular weight excluding hydrogens is 422 g/mol. The third-order valence-electron chi connectivity index (χ3n) is 5.80. The van der Waals surface area contributed by atoms with Gasteiger partial charge in [0.15, 0.2) is 11.6 Å². The van der Waals surface area contributed by atoms with E-state index in [2.05, 4.69) is 20.1 Å². The Kier molecular flexibility index (Phi) is 5.83. The number of fused-ring (bicyclic) bond motifs is 1. The summed E-state index contributed by atoms with van der Waals surface area (Å²) in [6, 6.07) is 13.4. The van der Waals surface area contributed by atoms with Crippen molar-refractivity contribution in [3.63, 3.8) is 0 Å². The maximum Gasteiger partial charge on any atom is 0.174 e. The molecule has 168 valence electrons. The van der Waals surface area contributed by atoms with Gasteiger partial charge in [-0.2, -0.15) is 0 Å². The number of aryl methyl sites for hydroxylation is 1. The SMILES string of the molecule is Cc1ccc2nc(Nc3cccnc3)c(N3CCN(Cc4cc(F)ccc4F)CC3)nc2c1. The number of nitrogens with one attached hydrogen (secondary N) is 1. The third kappa shape index (κ3) is 4.75. The molecule has 1 saturated heterocycles. The lowest BCUT2D eigenvalue weighted by Gasteiger charge is -2.36. The van der Waals surface area contributed by atoms with Gasteiger partial charge in [-0.05, 0) is 55.0 Å². The molecule has 5 rings (SSSR count). The Morgan fingerprint density at radius 1 is 0.939 bits per heavy atom. The molecule has 6 nitrogen and oxygen atoms in total. The van der Waals surface area contributed by atoms with E-state index in [-0.39, 0.29) is 5.82 Å². The minimum Gasteiger partial charge on any atom is -0.351 e. The van der Waals surface area contributed by atoms with E-state index in [4.69, 9.17) is 9.97 Å². The van der Waals surface area contributed by atoms with Crippen LogP contribution < -0.4 is 10.2 Å². The van der Waals surface area contributed by atoms with E-state index in [0.29, 0.717) is 44.1 Å². The normalized spacial score (nSPS) is 14.6. The highest BCUT2D eigenvalue weighted by Gasteiger charge is 2.23. The molecule has 0 bridgehead atoms. The predicted molar refractivity (Wildman–Crippen MR) is 126 cm³/mol. The van der Waals surface area contributed by atoms with Crippen molar-refractivity contribution in [1.29, 1.82) is 0 Å². The summed E-state index contributed by atoms with van der Waals surface area (Å²) in [6.07, 6.45) is 3.47. The minimum absolute atomic E-state index is 0.376. The topological polar surface area (TPSA) is 57.2 Å². The minimum atomic E-state index is -0.419. The van der Waals surface area contributed by atoms with Crippen LogP contribution in [0.1, 0.15) is 11.1 Å². The number of aromatic nitrogens is 3. The Balaban J connectivity index is 1.39. The van der Waals surface area contributed by atoms with Gasteiger partial charge >= 0.3 is 0 Å². The van der Waals surface area contributed by atoms with Gasteiger partial charge in [0.2, 0.25) is 0 Å². The van der Waals surface area contributed by atoms with Gasteiger partial charge in [-0.1, -0.05) is 6.07 Å². The number of rotatable bonds is 5. The molecule has 2 aromatic carbocycles. The molecule has 1 aliphatic rings. The van der Waals surface area contributed by atoms with Crippen LogP contribution in [-0.2, 0) is 6.54 Å². The highest BCUT2D eigenvalue weighted by Crippen LogP contribution is 2.29. The Bertz CT molecular complexity index is 1270. The number of benzene rings is 2. The number of halogens is 2. The second kappa shape index (κ2) is 9.07. The molecule has 0 saturated carbocycles. The van der Waals surface area contributed by atoms with Gasteiger partial charge in [-0.15, -0.1) is 0 Å². The molecule has 1 aliphatic heterocycles. The summed E-state index contributed by atoms with van der Waals surface area (Å²) in [4.78, 5) is 18.3. The molecule has 33 heavy (non-hydrogen) atoms. The average Bonchev–Trinajstić information content (AvgIpc) is 2.82. The highest BCUT2D eigenvalue weighted by molar-refractivity contribution is 5.82. The Morgan fingerprint density at radius 2 is 1.79 bits per heavy atom. The van der Waals surface area contributed by atoms with E-state index in [1.807, 2.05) is 37.3 Å². The van der Waals surface area contributed by atoms with Crippen molar-refractivity contribution in [1.82, 2.24) is 19.9 Å². The van der Waals surface area contributed by atoms with Crippen LogP contribution in [0.3, 0.4) is 0 Å². The van der Waals surface area contributed by atoms with Crippen LogP contribution in [0.2, 0.25) is 0 Å². The molecule has 2 aromatic heterocycles. The Labute approximate surface area is 190 Å². The molecule has 0 atom stereocenters. The van der Waals surface area contributed by atoms with Crippen LogP contribution >= 0.6 is 0 Å². The standard InChI is InChI=1S/C25H24F2N6/c1-17-4-7-22-23(13-17)31-25(24(30-22)29-20-3-2-8-28-15-20)33-11-9-32(10-12-33)16-18-14-19(26)5-6-21(18)27/h2-8,13-15H,9-12,16H2,1H3,(H,29,30). The van der Waals surface area contributed by atoms with Gasteiger partial charge in [0.05, 0.1) is 22.9 Å². The molecule has 1 fully saturated rings. The maximum absolute atomic E-state index is 14.1. The fourth-order valence-electron chi connectivity index (χ4n) is 4.06. The number of hydrogen-bond donors (Lipinski definition) is 1. The van der Waals surface area contributed by atoms with E-state index in [9.17, 15) is 8.78 Å². The van der Waals surface area contributed by atoms with Crippen molar-refractivity contribution in [2.45, 2.75) is 13.5 Å². The van der Waals surface area contributed by atoms with E-state index >= 15 is 0 Å². The average molecular weight is 447 g/mol. The zero-order valence-electron chi connectivity index (χ0n) is 18.3. The first-order valence-corrected chi connectivity index (χ1v) is 10.9. The Hall–Kier alpha value is -3.65. The monoisotopic (exact) mass is 446 g/mol. The summed E-state index contributed by atoms with van der Waals surface area (Å²) in [5, 5.41) is 3.36. The van der Waals surface area contributed by atoms with Crippen molar-refractivity contribution < 1.29 is 8.78 Å². The summed E-state index contributed by atoms with van der Waals surface area (Å²) in [6.45, 7) is 5.22. The number of nitrogens with zero attached hydrogens (tertiary/aromatic N) is 5. The summed E-state index contributed by atoms with van der Waals surface area (Å²) < 4.78 is 27.6. The first-order valence-electron chi connectivity index (χ1n) is 10.9. The Morgan fingerprint density at radius 3 is 2.58 bits per heavy atom. The molecule has 0 spiro atoms. The van der Waals surface area contributed by atoms with E-state index in [0.717, 1.165) is 34.2 Å². The van der Waals surface area contributed by atoms with Crippen molar-refractivity contribution in [3.05, 3.63) is 83.7 Å². The van der Waals surface area contributed by atoms with Gasteiger partial charge in [-0.25, -0.2) is 18.7 Å². The number of pyridine rings is 1. The van der Waals surface area contributed by atoms with Crippen LogP contribution in [0.25, 0.3) is 11.0 Å². The molecule has 0 radical (unpaired) electrons. The van der Waals surface area contributed by atoms with Crippen LogP contribution in [0.5, 0.6) is 0 Å². The fraction of sp³-hybridized carbons (Fsp3) is 0.240. The molecular formula is C25H24F2N6. The fourth-order valence-corrected chi connectivity index (χ4v) is 4.06. The number of hydrogen-bond acceptors (Lipinski definition) is 6. The van der Waals surface area contributed by atoms with Crippen molar-refractivity contribution in [2.24, 2.45) is 0 Å². The van der Waals surface area contributed by atoms with Gasteiger partial charge in [0.1, 0.15) is 11.6 Å². The molecule has 4 aromatic rings. The molecule has 0 unspecified atom stereocenters. The molecule has 1 N–H and O–H groups in total. The zero-order chi connectivity index (χ0) is 22.8. The predicted octanol–water partition coefficient (Wildman–Crippen LogP) is 4.68. The van der Waals surface area contributed by atoms with Crippen molar-refractivity contribution >= 4 is 28.4 Å². The van der Waals surface area contributed by atoms with Crippen molar-refractivity contribution in [3.8, 4) is 0 Å². The largest absolute Gasteiger partial charge is 0.351 e. The molecule has 0 amide bonds. The van der Waals surface area contributed by atoms with Crippen LogP contribution in [0.4, 0.5) is 26.1 Å².